The Balaban J connectivity index is 1.81. The first-order valence-corrected chi connectivity index (χ1v) is 11.6. The lowest BCUT2D eigenvalue weighted by atomic mass is 10.4. The highest BCUT2D eigenvalue weighted by Crippen LogP contribution is 2.37. The number of hydrogen-bond donors (Lipinski definition) is 0. The van der Waals surface area contributed by atoms with Crippen LogP contribution in [0.2, 0.25) is 0 Å². The van der Waals surface area contributed by atoms with Gasteiger partial charge in [0.1, 0.15) is 0 Å². The van der Waals surface area contributed by atoms with Gasteiger partial charge in [-0.1, -0.05) is 20.8 Å². The van der Waals surface area contributed by atoms with E-state index in [1.165, 1.54) is 77.4 Å². The molecule has 0 bridgehead atoms. The molecule has 0 aliphatic heterocycles. The normalized spacial score (nSPS) is 22.1. The molecular formula is C18H36AlN3. The highest BCUT2D eigenvalue weighted by atomic mass is 27.2. The van der Waals surface area contributed by atoms with Gasteiger partial charge in [-0.3, -0.25) is 0 Å². The Morgan fingerprint density at radius 3 is 1.05 bits per heavy atom. The van der Waals surface area contributed by atoms with E-state index in [0.717, 1.165) is 18.1 Å². The zero-order valence-electron chi connectivity index (χ0n) is 15.1. The molecule has 0 aromatic carbocycles. The molecule has 0 unspecified atom stereocenters. The number of nitrogens with zero attached hydrogens (tertiary/aromatic N) is 3. The second kappa shape index (κ2) is 7.99. The van der Waals surface area contributed by atoms with Gasteiger partial charge in [-0.25, -0.2) is 0 Å². The summed E-state index contributed by atoms with van der Waals surface area (Å²) in [6, 6.07) is 2.81. The molecule has 22 heavy (non-hydrogen) atoms. The maximum absolute atomic E-state index is 3.03. The lowest BCUT2D eigenvalue weighted by Gasteiger charge is -2.42. The Morgan fingerprint density at radius 2 is 0.864 bits per heavy atom. The molecule has 3 saturated carbocycles. The third kappa shape index (κ3) is 4.28. The van der Waals surface area contributed by atoms with Crippen molar-refractivity contribution in [2.45, 2.75) is 96.7 Å². The van der Waals surface area contributed by atoms with Crippen molar-refractivity contribution in [3.63, 3.8) is 0 Å². The van der Waals surface area contributed by atoms with E-state index in [0.29, 0.717) is 0 Å². The van der Waals surface area contributed by atoms with Crippen LogP contribution in [0.5, 0.6) is 0 Å². The average Bonchev–Trinajstić information content (AvgIpc) is 3.41. The minimum absolute atomic E-state index is 0.938. The Morgan fingerprint density at radius 1 is 0.591 bits per heavy atom. The molecule has 0 spiro atoms. The summed E-state index contributed by atoms with van der Waals surface area (Å²) >= 11 is -1.12. The van der Waals surface area contributed by atoms with Crippen LogP contribution in [0.3, 0.4) is 0 Å². The van der Waals surface area contributed by atoms with Gasteiger partial charge >= 0.3 is 14.8 Å². The van der Waals surface area contributed by atoms with Crippen LogP contribution in [-0.2, 0) is 0 Å². The summed E-state index contributed by atoms with van der Waals surface area (Å²) in [7, 11) is 0. The van der Waals surface area contributed by atoms with Crippen molar-refractivity contribution in [3.8, 4) is 0 Å². The quantitative estimate of drug-likeness (QED) is 0.509. The van der Waals surface area contributed by atoms with Crippen LogP contribution < -0.4 is 0 Å². The molecule has 0 heterocycles. The van der Waals surface area contributed by atoms with Crippen LogP contribution in [0.1, 0.15) is 78.6 Å². The summed E-state index contributed by atoms with van der Waals surface area (Å²) in [5.41, 5.74) is 0. The van der Waals surface area contributed by atoms with Gasteiger partial charge in [-0.15, -0.1) is 0 Å². The van der Waals surface area contributed by atoms with Crippen molar-refractivity contribution in [2.75, 3.05) is 19.6 Å². The first-order valence-electron chi connectivity index (χ1n) is 10.1. The summed E-state index contributed by atoms with van der Waals surface area (Å²) in [4.78, 5) is 0. The Labute approximate surface area is 143 Å². The summed E-state index contributed by atoms with van der Waals surface area (Å²) in [6.45, 7) is 11.2. The van der Waals surface area contributed by atoms with Crippen LogP contribution in [-0.4, -0.2) is 64.2 Å². The monoisotopic (exact) mass is 321 g/mol. The van der Waals surface area contributed by atoms with Crippen molar-refractivity contribution < 1.29 is 0 Å². The molecule has 3 aliphatic rings. The molecule has 0 radical (unpaired) electrons. The van der Waals surface area contributed by atoms with E-state index in [9.17, 15) is 0 Å². The molecule has 126 valence electrons. The van der Waals surface area contributed by atoms with E-state index in [-0.39, 0.29) is 0 Å². The van der Waals surface area contributed by atoms with Gasteiger partial charge in [0.25, 0.3) is 0 Å². The molecule has 3 nitrogen and oxygen atoms in total. The van der Waals surface area contributed by atoms with Crippen LogP contribution in [0.15, 0.2) is 0 Å². The van der Waals surface area contributed by atoms with E-state index in [4.69, 9.17) is 0 Å². The minimum Gasteiger partial charge on any atom is -0.354 e. The topological polar surface area (TPSA) is 9.72 Å². The van der Waals surface area contributed by atoms with Crippen LogP contribution in [0.25, 0.3) is 0 Å². The molecule has 4 heteroatoms. The van der Waals surface area contributed by atoms with Crippen molar-refractivity contribution in [1.29, 1.82) is 0 Å². The number of rotatable bonds is 12. The first kappa shape index (κ1) is 17.2. The fourth-order valence-corrected chi connectivity index (χ4v) is 8.66. The van der Waals surface area contributed by atoms with Crippen molar-refractivity contribution in [1.82, 2.24) is 11.7 Å². The largest absolute Gasteiger partial charge is 0.609 e. The molecule has 0 N–H and O–H groups in total. The van der Waals surface area contributed by atoms with Gasteiger partial charge in [-0.05, 0) is 95.5 Å². The Hall–Kier alpha value is 0.412. The summed E-state index contributed by atoms with van der Waals surface area (Å²) in [5, 5.41) is 0. The zero-order valence-corrected chi connectivity index (χ0v) is 16.3. The fraction of sp³-hybridized carbons (Fsp3) is 1.00. The van der Waals surface area contributed by atoms with Crippen molar-refractivity contribution in [3.05, 3.63) is 0 Å². The second-order valence-electron chi connectivity index (χ2n) is 7.75. The highest BCUT2D eigenvalue weighted by Gasteiger charge is 2.53. The highest BCUT2D eigenvalue weighted by molar-refractivity contribution is 6.50. The molecule has 0 saturated heterocycles. The third-order valence-electron chi connectivity index (χ3n) is 5.38. The molecule has 3 aliphatic carbocycles. The first-order chi connectivity index (χ1) is 10.8. The fourth-order valence-electron chi connectivity index (χ4n) is 4.02. The molecule has 0 atom stereocenters. The van der Waals surface area contributed by atoms with E-state index >= 15 is 0 Å². The maximum atomic E-state index is 3.03. The van der Waals surface area contributed by atoms with Crippen molar-refractivity contribution >= 4 is 14.8 Å². The Kier molecular flexibility index (Phi) is 6.26. The molecule has 0 aromatic rings. The molecule has 0 aromatic heterocycles. The van der Waals surface area contributed by atoms with E-state index in [2.05, 4.69) is 32.4 Å². The standard InChI is InChI=1S/3C6H12N.Al/c3*1-2-5-7-6-3-4-6;/h3*6H,2-5H2,1H3;/q3*-1;+3. The summed E-state index contributed by atoms with van der Waals surface area (Å²) < 4.78 is 9.09. The van der Waals surface area contributed by atoms with Crippen molar-refractivity contribution in [2.24, 2.45) is 0 Å². The van der Waals surface area contributed by atoms with Crippen LogP contribution in [0.4, 0.5) is 0 Å². The lowest BCUT2D eigenvalue weighted by molar-refractivity contribution is 0.249. The Bertz CT molecular complexity index is 287. The van der Waals surface area contributed by atoms with E-state index < -0.39 is 14.8 Å². The smallest absolute Gasteiger partial charge is 0.354 e. The van der Waals surface area contributed by atoms with Gasteiger partial charge in [0, 0.05) is 0 Å². The summed E-state index contributed by atoms with van der Waals surface area (Å²) in [5.74, 6) is 0. The van der Waals surface area contributed by atoms with E-state index in [1.807, 2.05) is 0 Å². The lowest BCUT2D eigenvalue weighted by Crippen LogP contribution is -2.65. The van der Waals surface area contributed by atoms with Gasteiger partial charge in [0.2, 0.25) is 0 Å². The minimum atomic E-state index is -1.12. The SMILES string of the molecule is CCC[N](C1CC1)[Al]([N](CCC)C1CC1)[N](CCC)C1CC1. The number of hydrogen-bond acceptors (Lipinski definition) is 3. The predicted octanol–water partition coefficient (Wildman–Crippen LogP) is 3.59. The van der Waals surface area contributed by atoms with Gasteiger partial charge in [0.05, 0.1) is 0 Å². The van der Waals surface area contributed by atoms with Gasteiger partial charge in [-0.2, -0.15) is 0 Å². The predicted molar refractivity (Wildman–Crippen MR) is 95.8 cm³/mol. The summed E-state index contributed by atoms with van der Waals surface area (Å²) in [6.07, 6.45) is 12.8. The van der Waals surface area contributed by atoms with Crippen LogP contribution in [0, 0.1) is 0 Å². The molecule has 0 amide bonds. The third-order valence-corrected chi connectivity index (χ3v) is 9.20. The van der Waals surface area contributed by atoms with Crippen LogP contribution >= 0.6 is 0 Å². The van der Waals surface area contributed by atoms with E-state index in [1.54, 1.807) is 0 Å². The molecular weight excluding hydrogens is 285 g/mol. The maximum Gasteiger partial charge on any atom is 0.609 e. The molecule has 3 rings (SSSR count). The average molecular weight is 321 g/mol. The van der Waals surface area contributed by atoms with Gasteiger partial charge in [0.15, 0.2) is 0 Å². The van der Waals surface area contributed by atoms with Gasteiger partial charge < -0.3 is 11.7 Å². The molecule has 3 fully saturated rings. The zero-order chi connectivity index (χ0) is 15.5. The second-order valence-corrected chi connectivity index (χ2v) is 10.4.